The summed E-state index contributed by atoms with van der Waals surface area (Å²) in [5.41, 5.74) is 0.577. The van der Waals surface area contributed by atoms with E-state index in [1.54, 1.807) is 0 Å². The summed E-state index contributed by atoms with van der Waals surface area (Å²) < 4.78 is 0. The molecule has 2 N–H and O–H groups in total. The average Bonchev–Trinajstić information content (AvgIpc) is 2.47. The van der Waals surface area contributed by atoms with E-state index in [1.807, 2.05) is 12.1 Å². The molecule has 0 aromatic carbocycles. The maximum absolute atomic E-state index is 9.50. The molecule has 0 amide bonds. The van der Waals surface area contributed by atoms with Crippen LogP contribution in [-0.4, -0.2) is 46.7 Å². The van der Waals surface area contributed by atoms with Gasteiger partial charge in [0.1, 0.15) is 0 Å². The maximum atomic E-state index is 9.50. The molecule has 1 aliphatic heterocycles. The highest BCUT2D eigenvalue weighted by atomic mass is 16.3. The zero-order valence-electron chi connectivity index (χ0n) is 11.7. The van der Waals surface area contributed by atoms with E-state index in [0.717, 1.165) is 30.9 Å². The van der Waals surface area contributed by atoms with Gasteiger partial charge in [0.2, 0.25) is 0 Å². The van der Waals surface area contributed by atoms with Crippen LogP contribution in [0.4, 0.5) is 5.82 Å². The Morgan fingerprint density at radius 3 is 2.53 bits per heavy atom. The van der Waals surface area contributed by atoms with Crippen LogP contribution in [0.15, 0.2) is 12.1 Å². The molecule has 0 atom stereocenters. The standard InChI is InChI=1S/C14H23N3O2/c1-11(2)12-4-5-13(16-15-12)17-7-3-6-14(8-17,9-18)10-19/h4-5,11,18-19H,3,6-10H2,1-2H3. The number of anilines is 1. The third-order valence-corrected chi connectivity index (χ3v) is 3.92. The summed E-state index contributed by atoms with van der Waals surface area (Å²) >= 11 is 0. The van der Waals surface area contributed by atoms with E-state index in [2.05, 4.69) is 28.9 Å². The van der Waals surface area contributed by atoms with Gasteiger partial charge in [-0.15, -0.1) is 5.10 Å². The summed E-state index contributed by atoms with van der Waals surface area (Å²) in [7, 11) is 0. The fraction of sp³-hybridized carbons (Fsp3) is 0.714. The summed E-state index contributed by atoms with van der Waals surface area (Å²) in [6, 6.07) is 3.98. The van der Waals surface area contributed by atoms with Crippen LogP contribution in [0, 0.1) is 5.41 Å². The Morgan fingerprint density at radius 1 is 1.26 bits per heavy atom. The van der Waals surface area contributed by atoms with Gasteiger partial charge in [-0.05, 0) is 30.9 Å². The van der Waals surface area contributed by atoms with Gasteiger partial charge >= 0.3 is 0 Å². The second-order valence-electron chi connectivity index (χ2n) is 5.81. The molecule has 2 rings (SSSR count). The first-order valence-corrected chi connectivity index (χ1v) is 6.90. The van der Waals surface area contributed by atoms with Crippen molar-refractivity contribution in [3.8, 4) is 0 Å². The lowest BCUT2D eigenvalue weighted by atomic mass is 9.81. The highest BCUT2D eigenvalue weighted by Crippen LogP contribution is 2.31. The van der Waals surface area contributed by atoms with Gasteiger partial charge < -0.3 is 15.1 Å². The molecule has 2 heterocycles. The summed E-state index contributed by atoms with van der Waals surface area (Å²) in [5, 5.41) is 27.5. The van der Waals surface area contributed by atoms with Crippen molar-refractivity contribution in [1.82, 2.24) is 10.2 Å². The molecule has 106 valence electrons. The first kappa shape index (κ1) is 14.2. The minimum atomic E-state index is -0.406. The van der Waals surface area contributed by atoms with Crippen LogP contribution in [0.2, 0.25) is 0 Å². The number of hydrogen-bond acceptors (Lipinski definition) is 5. The molecule has 1 aromatic heterocycles. The van der Waals surface area contributed by atoms with Crippen LogP contribution < -0.4 is 4.90 Å². The van der Waals surface area contributed by atoms with Crippen LogP contribution >= 0.6 is 0 Å². The SMILES string of the molecule is CC(C)c1ccc(N2CCCC(CO)(CO)C2)nn1. The fourth-order valence-corrected chi connectivity index (χ4v) is 2.52. The molecule has 0 bridgehead atoms. The van der Waals surface area contributed by atoms with Crippen molar-refractivity contribution in [2.24, 2.45) is 5.41 Å². The van der Waals surface area contributed by atoms with E-state index < -0.39 is 5.41 Å². The zero-order valence-corrected chi connectivity index (χ0v) is 11.7. The van der Waals surface area contributed by atoms with E-state index in [0.29, 0.717) is 12.5 Å². The molecule has 1 saturated heterocycles. The van der Waals surface area contributed by atoms with Gasteiger partial charge in [0, 0.05) is 18.5 Å². The average molecular weight is 265 g/mol. The van der Waals surface area contributed by atoms with Crippen molar-refractivity contribution in [2.45, 2.75) is 32.6 Å². The molecular weight excluding hydrogens is 242 g/mol. The summed E-state index contributed by atoms with van der Waals surface area (Å²) in [5.74, 6) is 1.20. The Morgan fingerprint density at radius 2 is 2.00 bits per heavy atom. The topological polar surface area (TPSA) is 69.5 Å². The molecule has 1 aliphatic rings. The quantitative estimate of drug-likeness (QED) is 0.855. The normalized spacial score (nSPS) is 18.9. The van der Waals surface area contributed by atoms with E-state index in [-0.39, 0.29) is 13.2 Å². The van der Waals surface area contributed by atoms with Crippen molar-refractivity contribution < 1.29 is 10.2 Å². The van der Waals surface area contributed by atoms with Gasteiger partial charge in [0.15, 0.2) is 5.82 Å². The molecule has 19 heavy (non-hydrogen) atoms. The first-order valence-electron chi connectivity index (χ1n) is 6.90. The second-order valence-corrected chi connectivity index (χ2v) is 5.81. The van der Waals surface area contributed by atoms with Crippen molar-refractivity contribution >= 4 is 5.82 Å². The summed E-state index contributed by atoms with van der Waals surface area (Å²) in [6.45, 7) is 5.74. The predicted molar refractivity (Wildman–Crippen MR) is 74.2 cm³/mol. The number of aliphatic hydroxyl groups is 2. The Bertz CT molecular complexity index is 402. The van der Waals surface area contributed by atoms with Crippen LogP contribution in [0.1, 0.15) is 38.3 Å². The number of nitrogens with zero attached hydrogens (tertiary/aromatic N) is 3. The maximum Gasteiger partial charge on any atom is 0.151 e. The minimum Gasteiger partial charge on any atom is -0.396 e. The van der Waals surface area contributed by atoms with Gasteiger partial charge in [0.25, 0.3) is 0 Å². The molecule has 0 aliphatic carbocycles. The number of aliphatic hydroxyl groups excluding tert-OH is 2. The summed E-state index contributed by atoms with van der Waals surface area (Å²) in [6.07, 6.45) is 1.81. The van der Waals surface area contributed by atoms with Crippen LogP contribution in [0.25, 0.3) is 0 Å². The molecule has 0 unspecified atom stereocenters. The van der Waals surface area contributed by atoms with Crippen LogP contribution in [0.3, 0.4) is 0 Å². The molecule has 0 saturated carbocycles. The van der Waals surface area contributed by atoms with E-state index >= 15 is 0 Å². The third kappa shape index (κ3) is 3.04. The number of rotatable bonds is 4. The molecule has 0 radical (unpaired) electrons. The highest BCUT2D eigenvalue weighted by Gasteiger charge is 2.35. The number of piperidine rings is 1. The Hall–Kier alpha value is -1.20. The monoisotopic (exact) mass is 265 g/mol. The smallest absolute Gasteiger partial charge is 0.151 e. The van der Waals surface area contributed by atoms with E-state index in [1.165, 1.54) is 0 Å². The van der Waals surface area contributed by atoms with Gasteiger partial charge in [-0.2, -0.15) is 5.10 Å². The number of aromatic nitrogens is 2. The van der Waals surface area contributed by atoms with E-state index in [4.69, 9.17) is 0 Å². The first-order chi connectivity index (χ1) is 9.10. The Kier molecular flexibility index (Phi) is 4.37. The molecule has 0 spiro atoms. The fourth-order valence-electron chi connectivity index (χ4n) is 2.52. The largest absolute Gasteiger partial charge is 0.396 e. The van der Waals surface area contributed by atoms with Gasteiger partial charge in [-0.25, -0.2) is 0 Å². The minimum absolute atomic E-state index is 0.0114. The van der Waals surface area contributed by atoms with Crippen LogP contribution in [-0.2, 0) is 0 Å². The van der Waals surface area contributed by atoms with Gasteiger partial charge in [0.05, 0.1) is 18.9 Å². The summed E-state index contributed by atoms with van der Waals surface area (Å²) in [4.78, 5) is 2.10. The predicted octanol–water partition coefficient (Wildman–Crippen LogP) is 1.17. The highest BCUT2D eigenvalue weighted by molar-refractivity contribution is 5.38. The van der Waals surface area contributed by atoms with E-state index in [9.17, 15) is 10.2 Å². The lowest BCUT2D eigenvalue weighted by Crippen LogP contribution is -2.48. The molecule has 5 heteroatoms. The molecule has 1 fully saturated rings. The lowest BCUT2D eigenvalue weighted by molar-refractivity contribution is 0.0420. The number of hydrogen-bond donors (Lipinski definition) is 2. The van der Waals surface area contributed by atoms with Crippen molar-refractivity contribution in [3.05, 3.63) is 17.8 Å². The Labute approximate surface area is 114 Å². The van der Waals surface area contributed by atoms with Crippen molar-refractivity contribution in [1.29, 1.82) is 0 Å². The molecule has 5 nitrogen and oxygen atoms in total. The van der Waals surface area contributed by atoms with Gasteiger partial charge in [-0.1, -0.05) is 13.8 Å². The van der Waals surface area contributed by atoms with Crippen molar-refractivity contribution in [2.75, 3.05) is 31.2 Å². The third-order valence-electron chi connectivity index (χ3n) is 3.92. The molecular formula is C14H23N3O2. The Balaban J connectivity index is 2.13. The second kappa shape index (κ2) is 5.84. The van der Waals surface area contributed by atoms with Gasteiger partial charge in [-0.3, -0.25) is 0 Å². The molecule has 1 aromatic rings. The van der Waals surface area contributed by atoms with Crippen LogP contribution in [0.5, 0.6) is 0 Å². The lowest BCUT2D eigenvalue weighted by Gasteiger charge is -2.41. The zero-order chi connectivity index (χ0) is 13.9. The van der Waals surface area contributed by atoms with Crippen molar-refractivity contribution in [3.63, 3.8) is 0 Å².